The van der Waals surface area contributed by atoms with Crippen LogP contribution < -0.4 is 19.1 Å². The Hall–Kier alpha value is -3.76. The maximum Gasteiger partial charge on any atom is 0.264 e. The Kier molecular flexibility index (Phi) is 10.5. The van der Waals surface area contributed by atoms with E-state index < -0.39 is 34.1 Å². The number of ether oxygens (including phenoxy) is 2. The van der Waals surface area contributed by atoms with Crippen molar-refractivity contribution in [3.8, 4) is 11.5 Å². The van der Waals surface area contributed by atoms with Crippen LogP contribution in [0.5, 0.6) is 11.5 Å². The van der Waals surface area contributed by atoms with Crippen molar-refractivity contribution in [2.24, 2.45) is 0 Å². The van der Waals surface area contributed by atoms with Crippen molar-refractivity contribution in [2.75, 3.05) is 25.1 Å². The molecule has 0 aromatic heterocycles. The molecule has 0 saturated carbocycles. The number of methoxy groups -OCH3 is 2. The minimum Gasteiger partial charge on any atom is -0.493 e. The summed E-state index contributed by atoms with van der Waals surface area (Å²) < 4.78 is 39.8. The van der Waals surface area contributed by atoms with E-state index in [2.05, 4.69) is 5.32 Å². The van der Waals surface area contributed by atoms with E-state index in [1.54, 1.807) is 49.4 Å². The van der Waals surface area contributed by atoms with Crippen molar-refractivity contribution in [3.63, 3.8) is 0 Å². The number of aryl methyl sites for hydroxylation is 1. The molecule has 0 bridgehead atoms. The lowest BCUT2D eigenvalue weighted by atomic mass is 10.1. The van der Waals surface area contributed by atoms with Gasteiger partial charge in [0.2, 0.25) is 11.8 Å². The molecule has 0 saturated heterocycles. The van der Waals surface area contributed by atoms with Crippen molar-refractivity contribution in [1.82, 2.24) is 10.2 Å². The van der Waals surface area contributed by atoms with Crippen LogP contribution in [0.2, 0.25) is 5.02 Å². The van der Waals surface area contributed by atoms with E-state index in [0.29, 0.717) is 22.1 Å². The van der Waals surface area contributed by atoms with E-state index in [0.717, 1.165) is 9.87 Å². The van der Waals surface area contributed by atoms with Gasteiger partial charge in [-0.05, 0) is 76.6 Å². The second-order valence-electron chi connectivity index (χ2n) is 10.9. The topological polar surface area (TPSA) is 105 Å². The van der Waals surface area contributed by atoms with Crippen LogP contribution in [0, 0.1) is 6.92 Å². The summed E-state index contributed by atoms with van der Waals surface area (Å²) >= 11 is 6.20. The molecular formula is C31H38ClN3O6S. The number of carbonyl (C=O) groups excluding carboxylic acids is 2. The molecule has 42 heavy (non-hydrogen) atoms. The van der Waals surface area contributed by atoms with Crippen LogP contribution in [-0.4, -0.2) is 57.5 Å². The van der Waals surface area contributed by atoms with E-state index in [1.165, 1.54) is 43.4 Å². The summed E-state index contributed by atoms with van der Waals surface area (Å²) in [5.74, 6) is -0.274. The van der Waals surface area contributed by atoms with Gasteiger partial charge in [0.05, 0.1) is 24.8 Å². The number of hydrogen-bond donors (Lipinski definition) is 1. The largest absolute Gasteiger partial charge is 0.493 e. The maximum absolute atomic E-state index is 14.1. The molecule has 0 unspecified atom stereocenters. The predicted octanol–water partition coefficient (Wildman–Crippen LogP) is 5.19. The van der Waals surface area contributed by atoms with Crippen LogP contribution in [0.1, 0.15) is 38.8 Å². The summed E-state index contributed by atoms with van der Waals surface area (Å²) in [5, 5.41) is 3.38. The Bertz CT molecular complexity index is 1520. The first-order chi connectivity index (χ1) is 19.7. The van der Waals surface area contributed by atoms with Gasteiger partial charge in [0.25, 0.3) is 10.0 Å². The third-order valence-electron chi connectivity index (χ3n) is 6.45. The zero-order chi connectivity index (χ0) is 31.2. The van der Waals surface area contributed by atoms with E-state index in [-0.39, 0.29) is 23.0 Å². The van der Waals surface area contributed by atoms with Crippen LogP contribution in [0.3, 0.4) is 0 Å². The Balaban J connectivity index is 2.10. The molecule has 0 fully saturated rings. The predicted molar refractivity (Wildman–Crippen MR) is 165 cm³/mol. The third kappa shape index (κ3) is 8.17. The molecule has 0 aliphatic rings. The number of carbonyl (C=O) groups is 2. The molecule has 1 N–H and O–H groups in total. The SMILES string of the molecule is COc1ccc(N(CC(=O)N(Cc2cccc(Cl)c2)[C@H](C)C(=O)NC(C)(C)C)S(=O)(=O)c2ccc(C)cc2)cc1OC. The first kappa shape index (κ1) is 32.8. The molecule has 9 nitrogen and oxygen atoms in total. The molecule has 3 aromatic rings. The third-order valence-corrected chi connectivity index (χ3v) is 8.47. The lowest BCUT2D eigenvalue weighted by Gasteiger charge is -2.33. The molecule has 226 valence electrons. The van der Waals surface area contributed by atoms with Gasteiger partial charge in [-0.3, -0.25) is 13.9 Å². The first-order valence-electron chi connectivity index (χ1n) is 13.3. The lowest BCUT2D eigenvalue weighted by molar-refractivity contribution is -0.140. The Morgan fingerprint density at radius 1 is 0.952 bits per heavy atom. The van der Waals surface area contributed by atoms with Crippen molar-refractivity contribution in [2.45, 2.75) is 57.6 Å². The number of nitrogens with one attached hydrogen (secondary N) is 1. The Labute approximate surface area is 253 Å². The number of anilines is 1. The van der Waals surface area contributed by atoms with Crippen molar-refractivity contribution in [1.29, 1.82) is 0 Å². The normalized spacial score (nSPS) is 12.3. The number of hydrogen-bond acceptors (Lipinski definition) is 6. The smallest absolute Gasteiger partial charge is 0.264 e. The van der Waals surface area contributed by atoms with E-state index in [9.17, 15) is 18.0 Å². The number of sulfonamides is 1. The van der Waals surface area contributed by atoms with Gasteiger partial charge in [-0.25, -0.2) is 8.42 Å². The highest BCUT2D eigenvalue weighted by atomic mass is 35.5. The van der Waals surface area contributed by atoms with Gasteiger partial charge in [0.1, 0.15) is 12.6 Å². The van der Waals surface area contributed by atoms with E-state index >= 15 is 0 Å². The lowest BCUT2D eigenvalue weighted by Crippen LogP contribution is -2.54. The van der Waals surface area contributed by atoms with Gasteiger partial charge in [-0.1, -0.05) is 41.4 Å². The fraction of sp³-hybridized carbons (Fsp3) is 0.355. The highest BCUT2D eigenvalue weighted by molar-refractivity contribution is 7.92. The number of rotatable bonds is 11. The molecule has 0 aliphatic heterocycles. The van der Waals surface area contributed by atoms with Gasteiger partial charge in [0, 0.05) is 23.2 Å². The van der Waals surface area contributed by atoms with E-state index in [1.807, 2.05) is 27.7 Å². The molecule has 0 radical (unpaired) electrons. The molecule has 11 heteroatoms. The van der Waals surface area contributed by atoms with Gasteiger partial charge in [0.15, 0.2) is 11.5 Å². The highest BCUT2D eigenvalue weighted by Gasteiger charge is 2.33. The monoisotopic (exact) mass is 615 g/mol. The number of amides is 2. The first-order valence-corrected chi connectivity index (χ1v) is 15.2. The van der Waals surface area contributed by atoms with Crippen LogP contribution in [0.25, 0.3) is 0 Å². The number of nitrogens with zero attached hydrogens (tertiary/aromatic N) is 2. The summed E-state index contributed by atoms with van der Waals surface area (Å²) in [5.41, 5.74) is 1.21. The minimum absolute atomic E-state index is 0.00981. The standard InChI is InChI=1S/C31H38ClN3O6S/c1-21-11-14-26(15-12-21)42(38,39)35(25-13-16-27(40-6)28(18-25)41-7)20-29(36)34(19-23-9-8-10-24(32)17-23)22(2)30(37)33-31(3,4)5/h8-18,22H,19-20H2,1-7H3,(H,33,37)/t22-/m1/s1. The summed E-state index contributed by atoms with van der Waals surface area (Å²) in [6.45, 7) is 8.43. The van der Waals surface area contributed by atoms with Crippen molar-refractivity contribution in [3.05, 3.63) is 82.9 Å². The van der Waals surface area contributed by atoms with Gasteiger partial charge < -0.3 is 19.7 Å². The van der Waals surface area contributed by atoms with Crippen LogP contribution in [0.15, 0.2) is 71.6 Å². The van der Waals surface area contributed by atoms with Crippen LogP contribution in [0.4, 0.5) is 5.69 Å². The fourth-order valence-electron chi connectivity index (χ4n) is 4.23. The summed E-state index contributed by atoms with van der Waals surface area (Å²) in [6.07, 6.45) is 0. The summed E-state index contributed by atoms with van der Waals surface area (Å²) in [6, 6.07) is 17.0. The average Bonchev–Trinajstić information content (AvgIpc) is 2.93. The minimum atomic E-state index is -4.23. The molecule has 1 atom stereocenters. The van der Waals surface area contributed by atoms with Crippen molar-refractivity contribution < 1.29 is 27.5 Å². The Morgan fingerprint density at radius 3 is 2.17 bits per heavy atom. The molecule has 2 amide bonds. The molecular weight excluding hydrogens is 578 g/mol. The number of benzene rings is 3. The molecule has 3 rings (SSSR count). The molecule has 0 heterocycles. The van der Waals surface area contributed by atoms with Gasteiger partial charge >= 0.3 is 0 Å². The second-order valence-corrected chi connectivity index (χ2v) is 13.2. The van der Waals surface area contributed by atoms with Crippen LogP contribution >= 0.6 is 11.6 Å². The van der Waals surface area contributed by atoms with Gasteiger partial charge in [-0.15, -0.1) is 0 Å². The van der Waals surface area contributed by atoms with E-state index in [4.69, 9.17) is 21.1 Å². The zero-order valence-corrected chi connectivity index (χ0v) is 26.5. The average molecular weight is 616 g/mol. The van der Waals surface area contributed by atoms with Crippen molar-refractivity contribution >= 4 is 39.1 Å². The second kappa shape index (κ2) is 13.5. The maximum atomic E-state index is 14.1. The molecule has 0 spiro atoms. The summed E-state index contributed by atoms with van der Waals surface area (Å²) in [4.78, 5) is 28.7. The summed E-state index contributed by atoms with van der Waals surface area (Å²) in [7, 11) is -1.32. The Morgan fingerprint density at radius 2 is 1.60 bits per heavy atom. The highest BCUT2D eigenvalue weighted by Crippen LogP contribution is 2.34. The number of halogens is 1. The quantitative estimate of drug-likeness (QED) is 0.318. The molecule has 0 aliphatic carbocycles. The molecule has 3 aromatic carbocycles. The fourth-order valence-corrected chi connectivity index (χ4v) is 5.85. The van der Waals surface area contributed by atoms with Gasteiger partial charge in [-0.2, -0.15) is 0 Å². The van der Waals surface area contributed by atoms with Crippen LogP contribution in [-0.2, 0) is 26.2 Å². The zero-order valence-electron chi connectivity index (χ0n) is 25.0.